The fourth-order valence-electron chi connectivity index (χ4n) is 0.893. The summed E-state index contributed by atoms with van der Waals surface area (Å²) in [5.41, 5.74) is 0. The number of anilines is 1. The first-order valence-corrected chi connectivity index (χ1v) is 4.81. The van der Waals surface area contributed by atoms with Crippen molar-refractivity contribution in [3.63, 3.8) is 0 Å². The highest BCUT2D eigenvalue weighted by atomic mass is 32.1. The van der Waals surface area contributed by atoms with Crippen molar-refractivity contribution in [2.24, 2.45) is 0 Å². The molecule has 1 heterocycles. The molecule has 0 bridgehead atoms. The van der Waals surface area contributed by atoms with Crippen molar-refractivity contribution in [2.75, 3.05) is 5.32 Å². The van der Waals surface area contributed by atoms with Gasteiger partial charge in [-0.1, -0.05) is 6.08 Å². The third kappa shape index (κ3) is 2.81. The van der Waals surface area contributed by atoms with Gasteiger partial charge in [0.1, 0.15) is 11.9 Å². The number of aryl methyl sites for hydroxylation is 1. The number of aliphatic carboxylic acids is 1. The Kier molecular flexibility index (Phi) is 3.58. The van der Waals surface area contributed by atoms with Gasteiger partial charge in [0.25, 0.3) is 0 Å². The van der Waals surface area contributed by atoms with Gasteiger partial charge in [0.15, 0.2) is 0 Å². The molecule has 1 aromatic heterocycles. The molecule has 6 heteroatoms. The second kappa shape index (κ2) is 4.71. The minimum atomic E-state index is -0.919. The minimum Gasteiger partial charge on any atom is -0.480 e. The van der Waals surface area contributed by atoms with E-state index in [1.165, 1.54) is 0 Å². The van der Waals surface area contributed by atoms with E-state index < -0.39 is 12.0 Å². The monoisotopic (exact) mass is 213 g/mol. The molecule has 0 saturated heterocycles. The van der Waals surface area contributed by atoms with Gasteiger partial charge >= 0.3 is 5.97 Å². The number of rotatable bonds is 5. The van der Waals surface area contributed by atoms with Crippen molar-refractivity contribution in [1.82, 2.24) is 9.36 Å². The number of carbonyl (C=O) groups is 1. The SMILES string of the molecule is C=CCC(Nc1nc(C)ns1)C(=O)O. The topological polar surface area (TPSA) is 75.1 Å². The van der Waals surface area contributed by atoms with Crippen LogP contribution in [-0.4, -0.2) is 26.5 Å². The van der Waals surface area contributed by atoms with Gasteiger partial charge in [-0.15, -0.1) is 6.58 Å². The molecule has 0 aliphatic rings. The van der Waals surface area contributed by atoms with E-state index in [1.54, 1.807) is 13.0 Å². The second-order valence-electron chi connectivity index (χ2n) is 2.71. The van der Waals surface area contributed by atoms with Crippen LogP contribution in [0, 0.1) is 6.92 Å². The van der Waals surface area contributed by atoms with Gasteiger partial charge < -0.3 is 10.4 Å². The molecule has 14 heavy (non-hydrogen) atoms. The van der Waals surface area contributed by atoms with Crippen LogP contribution in [0.3, 0.4) is 0 Å². The summed E-state index contributed by atoms with van der Waals surface area (Å²) in [6, 6.07) is -0.681. The Bertz CT molecular complexity index is 337. The lowest BCUT2D eigenvalue weighted by Gasteiger charge is -2.09. The van der Waals surface area contributed by atoms with Gasteiger partial charge in [-0.05, 0) is 13.3 Å². The van der Waals surface area contributed by atoms with E-state index in [-0.39, 0.29) is 0 Å². The lowest BCUT2D eigenvalue weighted by Crippen LogP contribution is -2.28. The molecule has 0 aliphatic carbocycles. The van der Waals surface area contributed by atoms with Gasteiger partial charge in [-0.25, -0.2) is 9.78 Å². The van der Waals surface area contributed by atoms with Gasteiger partial charge in [0.2, 0.25) is 5.13 Å². The summed E-state index contributed by atoms with van der Waals surface area (Å²) in [5, 5.41) is 12.1. The summed E-state index contributed by atoms with van der Waals surface area (Å²) in [7, 11) is 0. The molecule has 0 fully saturated rings. The van der Waals surface area contributed by atoms with Crippen LogP contribution in [0.5, 0.6) is 0 Å². The van der Waals surface area contributed by atoms with Crippen LogP contribution < -0.4 is 5.32 Å². The fourth-order valence-corrected chi connectivity index (χ4v) is 1.52. The predicted octanol–water partition coefficient (Wildman–Crippen LogP) is 1.29. The zero-order chi connectivity index (χ0) is 10.6. The summed E-state index contributed by atoms with van der Waals surface area (Å²) in [5.74, 6) is -0.280. The van der Waals surface area contributed by atoms with Gasteiger partial charge in [-0.2, -0.15) is 4.37 Å². The number of hydrogen-bond donors (Lipinski definition) is 2. The van der Waals surface area contributed by atoms with Crippen LogP contribution in [0.1, 0.15) is 12.2 Å². The fraction of sp³-hybridized carbons (Fsp3) is 0.375. The second-order valence-corrected chi connectivity index (χ2v) is 3.46. The number of hydrogen-bond acceptors (Lipinski definition) is 5. The highest BCUT2D eigenvalue weighted by Gasteiger charge is 2.16. The maximum absolute atomic E-state index is 10.7. The van der Waals surface area contributed by atoms with Gasteiger partial charge in [0, 0.05) is 11.5 Å². The first-order chi connectivity index (χ1) is 6.63. The molecule has 1 unspecified atom stereocenters. The summed E-state index contributed by atoms with van der Waals surface area (Å²) in [6.45, 7) is 5.25. The Hall–Kier alpha value is -1.43. The van der Waals surface area contributed by atoms with Crippen LogP contribution in [0.4, 0.5) is 5.13 Å². The lowest BCUT2D eigenvalue weighted by molar-refractivity contribution is -0.137. The highest BCUT2D eigenvalue weighted by Crippen LogP contribution is 2.12. The molecule has 5 nitrogen and oxygen atoms in total. The number of carboxylic acid groups (broad SMARTS) is 1. The van der Waals surface area contributed by atoms with Crippen molar-refractivity contribution in [3.05, 3.63) is 18.5 Å². The lowest BCUT2D eigenvalue weighted by atomic mass is 10.2. The molecule has 0 saturated carbocycles. The Balaban J connectivity index is 2.64. The number of nitrogens with one attached hydrogen (secondary N) is 1. The average molecular weight is 213 g/mol. The normalized spacial score (nSPS) is 12.1. The van der Waals surface area contributed by atoms with Crippen LogP contribution in [0.15, 0.2) is 12.7 Å². The summed E-state index contributed by atoms with van der Waals surface area (Å²) >= 11 is 1.15. The van der Waals surface area contributed by atoms with Crippen LogP contribution in [-0.2, 0) is 4.79 Å². The average Bonchev–Trinajstić information content (AvgIpc) is 2.50. The molecule has 1 rings (SSSR count). The third-order valence-electron chi connectivity index (χ3n) is 1.53. The zero-order valence-electron chi connectivity index (χ0n) is 7.73. The number of carboxylic acids is 1. The van der Waals surface area contributed by atoms with E-state index in [0.29, 0.717) is 17.4 Å². The Morgan fingerprint density at radius 2 is 2.57 bits per heavy atom. The van der Waals surface area contributed by atoms with Gasteiger partial charge in [-0.3, -0.25) is 0 Å². The molecule has 2 N–H and O–H groups in total. The van der Waals surface area contributed by atoms with E-state index in [9.17, 15) is 4.79 Å². The molecule has 1 aromatic rings. The van der Waals surface area contributed by atoms with Crippen LogP contribution >= 0.6 is 11.5 Å². The highest BCUT2D eigenvalue weighted by molar-refractivity contribution is 7.09. The van der Waals surface area contributed by atoms with Crippen LogP contribution in [0.25, 0.3) is 0 Å². The van der Waals surface area contributed by atoms with E-state index in [4.69, 9.17) is 5.11 Å². The summed E-state index contributed by atoms with van der Waals surface area (Å²) in [4.78, 5) is 14.8. The molecule has 76 valence electrons. The Morgan fingerprint density at radius 3 is 3.00 bits per heavy atom. The third-order valence-corrected chi connectivity index (χ3v) is 2.26. The van der Waals surface area contributed by atoms with Crippen molar-refractivity contribution in [3.8, 4) is 0 Å². The van der Waals surface area contributed by atoms with E-state index in [2.05, 4.69) is 21.3 Å². The minimum absolute atomic E-state index is 0.355. The van der Waals surface area contributed by atoms with E-state index in [0.717, 1.165) is 11.5 Å². The maximum Gasteiger partial charge on any atom is 0.326 e. The molecule has 0 aromatic carbocycles. The van der Waals surface area contributed by atoms with Crippen molar-refractivity contribution in [2.45, 2.75) is 19.4 Å². The molecule has 0 radical (unpaired) electrons. The summed E-state index contributed by atoms with van der Waals surface area (Å²) < 4.78 is 3.94. The Morgan fingerprint density at radius 1 is 1.86 bits per heavy atom. The molecular formula is C8H11N3O2S. The molecule has 0 spiro atoms. The van der Waals surface area contributed by atoms with Crippen molar-refractivity contribution >= 4 is 22.6 Å². The van der Waals surface area contributed by atoms with Crippen molar-refractivity contribution in [1.29, 1.82) is 0 Å². The van der Waals surface area contributed by atoms with Crippen molar-refractivity contribution < 1.29 is 9.90 Å². The van der Waals surface area contributed by atoms with Gasteiger partial charge in [0.05, 0.1) is 0 Å². The predicted molar refractivity (Wildman–Crippen MR) is 54.5 cm³/mol. The standard InChI is InChI=1S/C8H11N3O2S/c1-3-4-6(7(12)13)10-8-9-5(2)11-14-8/h3,6H,1,4H2,2H3,(H,12,13)(H,9,10,11). The number of aromatic nitrogens is 2. The zero-order valence-corrected chi connectivity index (χ0v) is 8.54. The quantitative estimate of drug-likeness (QED) is 0.721. The first kappa shape index (κ1) is 10.6. The maximum atomic E-state index is 10.7. The Labute approximate surface area is 85.7 Å². The number of nitrogens with zero attached hydrogens (tertiary/aromatic N) is 2. The molecular weight excluding hydrogens is 202 g/mol. The smallest absolute Gasteiger partial charge is 0.326 e. The molecule has 0 amide bonds. The largest absolute Gasteiger partial charge is 0.480 e. The van der Waals surface area contributed by atoms with Crippen LogP contribution in [0.2, 0.25) is 0 Å². The molecule has 1 atom stereocenters. The first-order valence-electron chi connectivity index (χ1n) is 4.04. The summed E-state index contributed by atoms with van der Waals surface area (Å²) in [6.07, 6.45) is 1.91. The molecule has 0 aliphatic heterocycles. The van der Waals surface area contributed by atoms with E-state index >= 15 is 0 Å². The van der Waals surface area contributed by atoms with E-state index in [1.807, 2.05) is 0 Å².